The Labute approximate surface area is 323 Å². The summed E-state index contributed by atoms with van der Waals surface area (Å²) in [5.41, 5.74) is 12.0. The molecule has 0 saturated heterocycles. The molecular formula is C42H42N6S4. The first-order valence-corrected chi connectivity index (χ1v) is 21.4. The monoisotopic (exact) mass is 758 g/mol. The van der Waals surface area contributed by atoms with E-state index in [1.54, 1.807) is 22.7 Å². The van der Waals surface area contributed by atoms with Crippen molar-refractivity contribution in [3.8, 4) is 53.9 Å². The Morgan fingerprint density at radius 2 is 1.08 bits per heavy atom. The van der Waals surface area contributed by atoms with Gasteiger partial charge in [-0.15, -0.1) is 22.7 Å². The minimum atomic E-state index is 0.536. The Morgan fingerprint density at radius 3 is 1.50 bits per heavy atom. The molecule has 6 aromatic rings. The molecule has 7 rings (SSSR count). The van der Waals surface area contributed by atoms with Crippen molar-refractivity contribution in [1.82, 2.24) is 8.75 Å². The molecule has 2 unspecified atom stereocenters. The quantitative estimate of drug-likeness (QED) is 0.107. The number of thiophene rings is 2. The second-order valence-electron chi connectivity index (χ2n) is 14.0. The highest BCUT2D eigenvalue weighted by Gasteiger charge is 2.29. The SMILES string of the molecule is CCCCC(C)Cc1cc(-c2ccc(-c3c4c(c(-c5ccc(-c6ccc(C#N)c(CC(C)CCCC)c6)s5)c5nsnc35)NSN4)s2)ccc1C#N. The highest BCUT2D eigenvalue weighted by molar-refractivity contribution is 8.02. The van der Waals surface area contributed by atoms with Crippen molar-refractivity contribution in [3.05, 3.63) is 82.9 Å². The van der Waals surface area contributed by atoms with Crippen molar-refractivity contribution in [2.45, 2.75) is 79.1 Å². The highest BCUT2D eigenvalue weighted by atomic mass is 32.2. The molecule has 52 heavy (non-hydrogen) atoms. The molecule has 1 aliphatic heterocycles. The van der Waals surface area contributed by atoms with Gasteiger partial charge in [0.2, 0.25) is 0 Å². The lowest BCUT2D eigenvalue weighted by molar-refractivity contribution is 0.503. The van der Waals surface area contributed by atoms with E-state index in [9.17, 15) is 10.5 Å². The third kappa shape index (κ3) is 7.36. The molecule has 2 N–H and O–H groups in total. The zero-order valence-electron chi connectivity index (χ0n) is 30.0. The van der Waals surface area contributed by atoms with E-state index in [1.165, 1.54) is 72.1 Å². The standard InChI is InChI=1S/C42H42N6S4/c1-5-7-9-25(3)19-31-21-27(11-13-29(31)23-43)33-15-17-35(49-33)37-39-41(47-51-45-39)38(42-40(37)46-52-48-42)36-18-16-34(50-36)28-12-14-30(24-44)32(22-28)20-26(4)10-8-6-2/h11-18,21-22,25-26,45,47H,5-10,19-20H2,1-4H3. The number of benzene rings is 3. The predicted octanol–water partition coefficient (Wildman–Crippen LogP) is 13.4. The maximum atomic E-state index is 9.85. The highest BCUT2D eigenvalue weighted by Crippen LogP contribution is 2.54. The van der Waals surface area contributed by atoms with Gasteiger partial charge in [-0.25, -0.2) is 0 Å². The van der Waals surface area contributed by atoms with Crippen LogP contribution in [-0.4, -0.2) is 8.75 Å². The third-order valence-corrected chi connectivity index (χ3v) is 13.4. The molecule has 3 aromatic heterocycles. The van der Waals surface area contributed by atoms with Gasteiger partial charge in [-0.3, -0.25) is 0 Å². The number of nitriles is 2. The number of rotatable bonds is 14. The third-order valence-electron chi connectivity index (χ3n) is 9.98. The van der Waals surface area contributed by atoms with Crippen LogP contribution in [-0.2, 0) is 12.8 Å². The van der Waals surface area contributed by atoms with Crippen molar-refractivity contribution in [1.29, 1.82) is 10.5 Å². The van der Waals surface area contributed by atoms with Crippen molar-refractivity contribution in [2.24, 2.45) is 11.8 Å². The number of anilines is 2. The van der Waals surface area contributed by atoms with Crippen molar-refractivity contribution >= 4 is 68.9 Å². The van der Waals surface area contributed by atoms with Crippen molar-refractivity contribution in [2.75, 3.05) is 9.44 Å². The van der Waals surface area contributed by atoms with E-state index < -0.39 is 0 Å². The van der Waals surface area contributed by atoms with Crippen LogP contribution < -0.4 is 9.44 Å². The minimum Gasteiger partial charge on any atom is -0.309 e. The summed E-state index contributed by atoms with van der Waals surface area (Å²) in [6.07, 6.45) is 8.98. The van der Waals surface area contributed by atoms with Gasteiger partial charge in [0.15, 0.2) is 0 Å². The molecule has 264 valence electrons. The summed E-state index contributed by atoms with van der Waals surface area (Å²) in [4.78, 5) is 4.58. The molecule has 0 amide bonds. The van der Waals surface area contributed by atoms with E-state index in [0.29, 0.717) is 11.8 Å². The Kier molecular flexibility index (Phi) is 11.3. The number of nitrogens with zero attached hydrogens (tertiary/aromatic N) is 4. The summed E-state index contributed by atoms with van der Waals surface area (Å²) in [5.74, 6) is 1.07. The molecule has 0 radical (unpaired) electrons. The number of aromatic nitrogens is 2. The molecule has 0 fully saturated rings. The van der Waals surface area contributed by atoms with Gasteiger partial charge >= 0.3 is 0 Å². The molecule has 10 heteroatoms. The number of hydrogen-bond donors (Lipinski definition) is 2. The van der Waals surface area contributed by atoms with Crippen LogP contribution in [0.4, 0.5) is 11.4 Å². The second kappa shape index (κ2) is 16.2. The topological polar surface area (TPSA) is 97.4 Å². The first-order valence-electron chi connectivity index (χ1n) is 18.2. The molecule has 0 aliphatic carbocycles. The molecule has 6 nitrogen and oxygen atoms in total. The first-order chi connectivity index (χ1) is 25.4. The van der Waals surface area contributed by atoms with Crippen LogP contribution in [0.5, 0.6) is 0 Å². The summed E-state index contributed by atoms with van der Waals surface area (Å²) in [6.45, 7) is 9.04. The van der Waals surface area contributed by atoms with Gasteiger partial charge < -0.3 is 9.44 Å². The summed E-state index contributed by atoms with van der Waals surface area (Å²) < 4.78 is 16.9. The lowest BCUT2D eigenvalue weighted by Gasteiger charge is -2.13. The van der Waals surface area contributed by atoms with E-state index in [4.69, 9.17) is 8.75 Å². The molecular weight excluding hydrogens is 717 g/mol. The molecule has 0 bridgehead atoms. The summed E-state index contributed by atoms with van der Waals surface area (Å²) in [6, 6.07) is 26.2. The molecule has 3 aromatic carbocycles. The van der Waals surface area contributed by atoms with Crippen molar-refractivity contribution in [3.63, 3.8) is 0 Å². The number of fused-ring (bicyclic) bond motifs is 2. The van der Waals surface area contributed by atoms with Gasteiger partial charge in [-0.1, -0.05) is 78.4 Å². The Morgan fingerprint density at radius 1 is 0.635 bits per heavy atom. The average Bonchev–Trinajstić information content (AvgIpc) is 4.00. The average molecular weight is 759 g/mol. The fourth-order valence-electron chi connectivity index (χ4n) is 7.18. The zero-order chi connectivity index (χ0) is 36.2. The molecule has 2 atom stereocenters. The maximum absolute atomic E-state index is 9.85. The van der Waals surface area contributed by atoms with Crippen LogP contribution in [0.25, 0.3) is 52.8 Å². The largest absolute Gasteiger partial charge is 0.309 e. The van der Waals surface area contributed by atoms with Gasteiger partial charge in [-0.05, 0) is 95.5 Å². The van der Waals surface area contributed by atoms with Gasteiger partial charge in [0.1, 0.15) is 11.0 Å². The summed E-state index contributed by atoms with van der Waals surface area (Å²) in [5, 5.41) is 19.7. The molecule has 4 heterocycles. The second-order valence-corrected chi connectivity index (χ2v) is 17.3. The van der Waals surface area contributed by atoms with E-state index in [1.807, 2.05) is 12.1 Å². The Bertz CT molecular complexity index is 2140. The Balaban J connectivity index is 1.23. The first kappa shape index (κ1) is 36.2. The molecule has 1 aliphatic rings. The fraction of sp³-hybridized carbons (Fsp3) is 0.333. The van der Waals surface area contributed by atoms with E-state index >= 15 is 0 Å². The fourth-order valence-corrected chi connectivity index (χ4v) is 10.5. The normalized spacial score (nSPS) is 13.3. The molecule has 0 spiro atoms. The van der Waals surface area contributed by atoms with Crippen molar-refractivity contribution < 1.29 is 0 Å². The minimum absolute atomic E-state index is 0.536. The lowest BCUT2D eigenvalue weighted by atomic mass is 9.92. The van der Waals surface area contributed by atoms with E-state index in [-0.39, 0.29) is 0 Å². The number of unbranched alkanes of at least 4 members (excludes halogenated alkanes) is 2. The van der Waals surface area contributed by atoms with E-state index in [2.05, 4.69) is 97.8 Å². The lowest BCUT2D eigenvalue weighted by Crippen LogP contribution is -2.02. The number of nitrogens with one attached hydrogen (secondary N) is 2. The maximum Gasteiger partial charge on any atom is 0.116 e. The van der Waals surface area contributed by atoms with Crippen LogP contribution in [0.15, 0.2) is 60.7 Å². The number of hydrogen-bond acceptors (Lipinski definition) is 10. The van der Waals surface area contributed by atoms with Gasteiger partial charge in [0.05, 0.1) is 58.5 Å². The predicted molar refractivity (Wildman–Crippen MR) is 224 cm³/mol. The van der Waals surface area contributed by atoms with Crippen LogP contribution >= 0.6 is 46.5 Å². The Hall–Kier alpha value is -4.19. The summed E-state index contributed by atoms with van der Waals surface area (Å²) in [7, 11) is 0. The van der Waals surface area contributed by atoms with Crippen LogP contribution in [0.2, 0.25) is 0 Å². The van der Waals surface area contributed by atoms with E-state index in [0.717, 1.165) is 89.5 Å². The molecule has 0 saturated carbocycles. The summed E-state index contributed by atoms with van der Waals surface area (Å²) >= 11 is 6.22. The van der Waals surface area contributed by atoms with Crippen LogP contribution in [0.3, 0.4) is 0 Å². The zero-order valence-corrected chi connectivity index (χ0v) is 33.3. The van der Waals surface area contributed by atoms with Gasteiger partial charge in [0, 0.05) is 30.6 Å². The van der Waals surface area contributed by atoms with Crippen LogP contribution in [0, 0.1) is 34.5 Å². The van der Waals surface area contributed by atoms with Gasteiger partial charge in [-0.2, -0.15) is 19.3 Å². The van der Waals surface area contributed by atoms with Crippen LogP contribution in [0.1, 0.15) is 88.5 Å². The van der Waals surface area contributed by atoms with Gasteiger partial charge in [0.25, 0.3) is 0 Å². The smallest absolute Gasteiger partial charge is 0.116 e.